The average molecular weight is 140 g/mol. The van der Waals surface area contributed by atoms with Crippen molar-refractivity contribution >= 4 is 0 Å². The second kappa shape index (κ2) is 2.62. The molecule has 56 valence electrons. The maximum absolute atomic E-state index is 5.52. The van der Waals surface area contributed by atoms with Crippen molar-refractivity contribution in [1.82, 2.24) is 0 Å². The van der Waals surface area contributed by atoms with Gasteiger partial charge in [-0.2, -0.15) is 0 Å². The molecule has 1 fully saturated rings. The van der Waals surface area contributed by atoms with E-state index in [0.29, 0.717) is 12.2 Å². The Hall–Kier alpha value is -0.500. The van der Waals surface area contributed by atoms with Crippen LogP contribution in [-0.4, -0.2) is 18.8 Å². The first kappa shape index (κ1) is 6.23. The Morgan fingerprint density at radius 1 is 1.20 bits per heavy atom. The third kappa shape index (κ3) is 1.03. The SMILES string of the molecule is C1=COC2CCCC2OC1. The van der Waals surface area contributed by atoms with Gasteiger partial charge in [0.15, 0.2) is 0 Å². The lowest BCUT2D eigenvalue weighted by Gasteiger charge is -2.15. The number of hydrogen-bond acceptors (Lipinski definition) is 2. The van der Waals surface area contributed by atoms with Gasteiger partial charge >= 0.3 is 0 Å². The molecule has 0 aromatic rings. The van der Waals surface area contributed by atoms with Crippen molar-refractivity contribution in [3.63, 3.8) is 0 Å². The molecule has 0 N–H and O–H groups in total. The Morgan fingerprint density at radius 3 is 3.10 bits per heavy atom. The van der Waals surface area contributed by atoms with Crippen molar-refractivity contribution in [1.29, 1.82) is 0 Å². The maximum atomic E-state index is 5.52. The first-order valence-electron chi connectivity index (χ1n) is 3.89. The number of fused-ring (bicyclic) bond motifs is 1. The van der Waals surface area contributed by atoms with E-state index >= 15 is 0 Å². The zero-order chi connectivity index (χ0) is 6.81. The summed E-state index contributed by atoms with van der Waals surface area (Å²) in [6.07, 6.45) is 8.01. The van der Waals surface area contributed by atoms with E-state index in [0.717, 1.165) is 13.0 Å². The van der Waals surface area contributed by atoms with Crippen LogP contribution < -0.4 is 0 Å². The zero-order valence-electron chi connectivity index (χ0n) is 5.95. The molecule has 2 rings (SSSR count). The molecular formula is C8H12O2. The van der Waals surface area contributed by atoms with Gasteiger partial charge in [0.25, 0.3) is 0 Å². The molecule has 0 saturated heterocycles. The Labute approximate surface area is 60.8 Å². The summed E-state index contributed by atoms with van der Waals surface area (Å²) >= 11 is 0. The summed E-state index contributed by atoms with van der Waals surface area (Å²) in [5, 5.41) is 0. The lowest BCUT2D eigenvalue weighted by atomic mass is 10.3. The van der Waals surface area contributed by atoms with Crippen LogP contribution in [0.3, 0.4) is 0 Å². The van der Waals surface area contributed by atoms with Crippen LogP contribution in [0.4, 0.5) is 0 Å². The predicted molar refractivity (Wildman–Crippen MR) is 37.6 cm³/mol. The van der Waals surface area contributed by atoms with Crippen molar-refractivity contribution in [3.8, 4) is 0 Å². The van der Waals surface area contributed by atoms with Crippen molar-refractivity contribution in [2.45, 2.75) is 31.5 Å². The minimum absolute atomic E-state index is 0.346. The topological polar surface area (TPSA) is 18.5 Å². The molecule has 2 unspecified atom stereocenters. The van der Waals surface area contributed by atoms with Gasteiger partial charge in [-0.3, -0.25) is 0 Å². The fourth-order valence-electron chi connectivity index (χ4n) is 1.61. The summed E-state index contributed by atoms with van der Waals surface area (Å²) in [6, 6.07) is 0. The summed E-state index contributed by atoms with van der Waals surface area (Å²) in [5.74, 6) is 0. The lowest BCUT2D eigenvalue weighted by molar-refractivity contribution is -0.000289. The molecule has 0 aromatic carbocycles. The van der Waals surface area contributed by atoms with E-state index in [1.54, 1.807) is 6.26 Å². The van der Waals surface area contributed by atoms with E-state index in [1.807, 2.05) is 6.08 Å². The molecule has 2 heteroatoms. The molecule has 1 aliphatic heterocycles. The molecule has 2 atom stereocenters. The molecule has 0 radical (unpaired) electrons. The summed E-state index contributed by atoms with van der Waals surface area (Å²) in [4.78, 5) is 0. The Morgan fingerprint density at radius 2 is 2.10 bits per heavy atom. The van der Waals surface area contributed by atoms with Crippen molar-refractivity contribution in [2.24, 2.45) is 0 Å². The molecule has 10 heavy (non-hydrogen) atoms. The maximum Gasteiger partial charge on any atom is 0.124 e. The smallest absolute Gasteiger partial charge is 0.124 e. The van der Waals surface area contributed by atoms with Crippen molar-refractivity contribution < 1.29 is 9.47 Å². The minimum atomic E-state index is 0.346. The van der Waals surface area contributed by atoms with Gasteiger partial charge in [0.1, 0.15) is 6.10 Å². The third-order valence-corrected chi connectivity index (χ3v) is 2.15. The zero-order valence-corrected chi connectivity index (χ0v) is 5.95. The summed E-state index contributed by atoms with van der Waals surface area (Å²) in [5.41, 5.74) is 0. The summed E-state index contributed by atoms with van der Waals surface area (Å²) < 4.78 is 10.9. The summed E-state index contributed by atoms with van der Waals surface area (Å²) in [7, 11) is 0. The quantitative estimate of drug-likeness (QED) is 0.507. The first-order valence-corrected chi connectivity index (χ1v) is 3.89. The van der Waals surface area contributed by atoms with Gasteiger partial charge < -0.3 is 9.47 Å². The Kier molecular flexibility index (Phi) is 1.63. The van der Waals surface area contributed by atoms with Crippen LogP contribution in [0.25, 0.3) is 0 Å². The van der Waals surface area contributed by atoms with Gasteiger partial charge in [0, 0.05) is 0 Å². The van der Waals surface area contributed by atoms with Crippen LogP contribution in [0, 0.1) is 0 Å². The third-order valence-electron chi connectivity index (χ3n) is 2.15. The van der Waals surface area contributed by atoms with E-state index in [1.165, 1.54) is 12.8 Å². The van der Waals surface area contributed by atoms with Gasteiger partial charge in [-0.05, 0) is 25.3 Å². The second-order valence-electron chi connectivity index (χ2n) is 2.85. The number of rotatable bonds is 0. The Balaban J connectivity index is 2.02. The molecule has 1 saturated carbocycles. The van der Waals surface area contributed by atoms with E-state index in [-0.39, 0.29) is 0 Å². The Bertz CT molecular complexity index is 142. The van der Waals surface area contributed by atoms with Gasteiger partial charge in [-0.25, -0.2) is 0 Å². The molecule has 0 amide bonds. The van der Waals surface area contributed by atoms with Crippen LogP contribution >= 0.6 is 0 Å². The second-order valence-corrected chi connectivity index (χ2v) is 2.85. The van der Waals surface area contributed by atoms with Crippen LogP contribution in [0.1, 0.15) is 19.3 Å². The van der Waals surface area contributed by atoms with Crippen LogP contribution in [0.15, 0.2) is 12.3 Å². The van der Waals surface area contributed by atoms with Crippen LogP contribution in [0.2, 0.25) is 0 Å². The van der Waals surface area contributed by atoms with Crippen LogP contribution in [0.5, 0.6) is 0 Å². The van der Waals surface area contributed by atoms with Crippen molar-refractivity contribution in [3.05, 3.63) is 12.3 Å². The highest BCUT2D eigenvalue weighted by molar-refractivity contribution is 4.87. The van der Waals surface area contributed by atoms with Crippen LogP contribution in [-0.2, 0) is 9.47 Å². The molecule has 0 bridgehead atoms. The number of ether oxygens (including phenoxy) is 2. The molecule has 2 aliphatic rings. The van der Waals surface area contributed by atoms with E-state index in [9.17, 15) is 0 Å². The minimum Gasteiger partial charge on any atom is -0.496 e. The number of hydrogen-bond donors (Lipinski definition) is 0. The summed E-state index contributed by atoms with van der Waals surface area (Å²) in [6.45, 7) is 0.723. The van der Waals surface area contributed by atoms with Crippen molar-refractivity contribution in [2.75, 3.05) is 6.61 Å². The van der Waals surface area contributed by atoms with E-state index in [4.69, 9.17) is 9.47 Å². The fourth-order valence-corrected chi connectivity index (χ4v) is 1.61. The predicted octanol–water partition coefficient (Wildman–Crippen LogP) is 1.47. The van der Waals surface area contributed by atoms with Gasteiger partial charge in [-0.15, -0.1) is 0 Å². The van der Waals surface area contributed by atoms with E-state index < -0.39 is 0 Å². The molecule has 0 aromatic heterocycles. The average Bonchev–Trinajstić information content (AvgIpc) is 2.28. The van der Waals surface area contributed by atoms with Gasteiger partial charge in [0.05, 0.1) is 19.0 Å². The molecular weight excluding hydrogens is 128 g/mol. The molecule has 1 aliphatic carbocycles. The molecule has 0 spiro atoms. The highest BCUT2D eigenvalue weighted by Gasteiger charge is 2.29. The standard InChI is InChI=1S/C8H12O2/c1-3-7-8(4-1)10-6-2-5-9-7/h2,5,7-8H,1,3-4,6H2. The highest BCUT2D eigenvalue weighted by Crippen LogP contribution is 2.26. The monoisotopic (exact) mass is 140 g/mol. The first-order chi connectivity index (χ1) is 4.97. The van der Waals surface area contributed by atoms with Gasteiger partial charge in [-0.1, -0.05) is 0 Å². The van der Waals surface area contributed by atoms with Gasteiger partial charge in [0.2, 0.25) is 0 Å². The highest BCUT2D eigenvalue weighted by atomic mass is 16.5. The largest absolute Gasteiger partial charge is 0.496 e. The molecule has 1 heterocycles. The fraction of sp³-hybridized carbons (Fsp3) is 0.750. The van der Waals surface area contributed by atoms with E-state index in [2.05, 4.69) is 0 Å². The normalized spacial score (nSPS) is 38.4. The molecule has 2 nitrogen and oxygen atoms in total. The lowest BCUT2D eigenvalue weighted by Crippen LogP contribution is -2.22.